The molecule has 7 nitrogen and oxygen atoms in total. The van der Waals surface area contributed by atoms with E-state index in [1.54, 1.807) is 6.21 Å². The van der Waals surface area contributed by atoms with Crippen LogP contribution in [0.4, 0.5) is 5.69 Å². The van der Waals surface area contributed by atoms with Gasteiger partial charge in [-0.1, -0.05) is 11.2 Å². The van der Waals surface area contributed by atoms with E-state index in [0.717, 1.165) is 4.88 Å². The van der Waals surface area contributed by atoms with Crippen molar-refractivity contribution >= 4 is 23.2 Å². The van der Waals surface area contributed by atoms with E-state index in [9.17, 15) is 10.1 Å². The van der Waals surface area contributed by atoms with Gasteiger partial charge in [0.1, 0.15) is 12.4 Å². The Morgan fingerprint density at radius 2 is 2.41 bits per heavy atom. The van der Waals surface area contributed by atoms with Gasteiger partial charge in [-0.25, -0.2) is 0 Å². The number of hydrogen-bond acceptors (Lipinski definition) is 7. The largest absolute Gasteiger partial charge is 0.467 e. The number of benzene rings is 1. The molecule has 22 heavy (non-hydrogen) atoms. The summed E-state index contributed by atoms with van der Waals surface area (Å²) in [5.41, 5.74) is 1.20. The first kappa shape index (κ1) is 14.5. The zero-order valence-corrected chi connectivity index (χ0v) is 12.2. The average Bonchev–Trinajstić information content (AvgIpc) is 3.04. The van der Waals surface area contributed by atoms with Crippen LogP contribution in [0.1, 0.15) is 16.0 Å². The maximum atomic E-state index is 11.0. The maximum absolute atomic E-state index is 11.0. The molecule has 0 amide bonds. The first-order valence-corrected chi connectivity index (χ1v) is 7.31. The Kier molecular flexibility index (Phi) is 4.31. The van der Waals surface area contributed by atoms with Gasteiger partial charge in [-0.3, -0.25) is 10.1 Å². The van der Waals surface area contributed by atoms with Crippen molar-refractivity contribution in [3.8, 4) is 5.75 Å². The number of hydrogen-bond donors (Lipinski definition) is 0. The van der Waals surface area contributed by atoms with Crippen LogP contribution in [0.25, 0.3) is 0 Å². The van der Waals surface area contributed by atoms with Crippen LogP contribution in [0.5, 0.6) is 5.75 Å². The normalized spacial score (nSPS) is 13.6. The zero-order valence-electron chi connectivity index (χ0n) is 11.4. The van der Waals surface area contributed by atoms with Crippen molar-refractivity contribution < 1.29 is 19.2 Å². The lowest BCUT2D eigenvalue weighted by Crippen LogP contribution is -2.13. The van der Waals surface area contributed by atoms with E-state index < -0.39 is 4.92 Å². The van der Waals surface area contributed by atoms with Crippen LogP contribution in [0, 0.1) is 10.1 Å². The molecule has 0 saturated carbocycles. The third kappa shape index (κ3) is 3.23. The molecule has 0 saturated heterocycles. The van der Waals surface area contributed by atoms with E-state index in [1.807, 2.05) is 17.5 Å². The minimum absolute atomic E-state index is 0.0197. The molecule has 2 aromatic rings. The van der Waals surface area contributed by atoms with Crippen LogP contribution in [-0.2, 0) is 22.8 Å². The van der Waals surface area contributed by atoms with Crippen LogP contribution in [0.2, 0.25) is 0 Å². The molecule has 8 heteroatoms. The molecule has 1 aromatic heterocycles. The Bertz CT molecular complexity index is 700. The minimum atomic E-state index is -0.451. The molecule has 1 aromatic carbocycles. The van der Waals surface area contributed by atoms with E-state index >= 15 is 0 Å². The number of nitro benzene ring substituents is 1. The smallest absolute Gasteiger partial charge is 0.270 e. The van der Waals surface area contributed by atoms with Gasteiger partial charge < -0.3 is 14.3 Å². The van der Waals surface area contributed by atoms with E-state index in [0.29, 0.717) is 16.9 Å². The number of oxime groups is 1. The Hall–Kier alpha value is -2.45. The quantitative estimate of drug-likeness (QED) is 0.480. The molecule has 2 heterocycles. The van der Waals surface area contributed by atoms with Crippen molar-refractivity contribution in [1.82, 2.24) is 0 Å². The summed E-state index contributed by atoms with van der Waals surface area (Å²) < 4.78 is 10.6. The van der Waals surface area contributed by atoms with Gasteiger partial charge in [-0.2, -0.15) is 0 Å². The highest BCUT2D eigenvalue weighted by molar-refractivity contribution is 7.11. The summed E-state index contributed by atoms with van der Waals surface area (Å²) in [6, 6.07) is 6.71. The van der Waals surface area contributed by atoms with E-state index in [4.69, 9.17) is 14.3 Å². The molecule has 0 aliphatic carbocycles. The summed E-state index contributed by atoms with van der Waals surface area (Å²) in [6.07, 6.45) is 1.60. The van der Waals surface area contributed by atoms with Crippen LogP contribution >= 0.6 is 11.3 Å². The van der Waals surface area contributed by atoms with Crippen molar-refractivity contribution in [2.45, 2.75) is 13.2 Å². The summed E-state index contributed by atoms with van der Waals surface area (Å²) in [6.45, 7) is 0.491. The van der Waals surface area contributed by atoms with Crippen molar-refractivity contribution in [3.05, 3.63) is 55.8 Å². The SMILES string of the molecule is O=[N+]([O-])c1cc2c(c(CO/N=C/c3cccs3)c1)OCOC2. The lowest BCUT2D eigenvalue weighted by molar-refractivity contribution is -0.385. The number of rotatable bonds is 5. The zero-order chi connectivity index (χ0) is 15.4. The van der Waals surface area contributed by atoms with Crippen molar-refractivity contribution in [2.75, 3.05) is 6.79 Å². The Morgan fingerprint density at radius 3 is 3.18 bits per heavy atom. The Balaban J connectivity index is 1.76. The fourth-order valence-electron chi connectivity index (χ4n) is 2.05. The minimum Gasteiger partial charge on any atom is -0.467 e. The second-order valence-corrected chi connectivity index (χ2v) is 5.46. The molecule has 0 fully saturated rings. The van der Waals surface area contributed by atoms with Gasteiger partial charge in [0.05, 0.1) is 17.7 Å². The average molecular weight is 320 g/mol. The van der Waals surface area contributed by atoms with Crippen LogP contribution in [-0.4, -0.2) is 17.9 Å². The molecular formula is C14H12N2O5S. The van der Waals surface area contributed by atoms with Gasteiger partial charge in [0.25, 0.3) is 5.69 Å². The predicted octanol–water partition coefficient (Wildman–Crippen LogP) is 3.07. The van der Waals surface area contributed by atoms with E-state index in [2.05, 4.69) is 5.16 Å². The third-order valence-corrected chi connectivity index (χ3v) is 3.81. The third-order valence-electron chi connectivity index (χ3n) is 3.00. The fourth-order valence-corrected chi connectivity index (χ4v) is 2.63. The van der Waals surface area contributed by atoms with Gasteiger partial charge in [-0.15, -0.1) is 11.3 Å². The number of nitro groups is 1. The van der Waals surface area contributed by atoms with Crippen molar-refractivity contribution in [3.63, 3.8) is 0 Å². The standard InChI is InChI=1S/C14H12N2O5S/c17-16(18)12-4-10-7-19-9-20-14(10)11(5-12)8-21-15-6-13-2-1-3-22-13/h1-6H,7-9H2/b15-6+. The lowest BCUT2D eigenvalue weighted by atomic mass is 10.1. The topological polar surface area (TPSA) is 83.2 Å². The second kappa shape index (κ2) is 6.54. The lowest BCUT2D eigenvalue weighted by Gasteiger charge is -2.19. The highest BCUT2D eigenvalue weighted by atomic mass is 32.1. The number of non-ortho nitro benzene ring substituents is 1. The monoisotopic (exact) mass is 320 g/mol. The first-order chi connectivity index (χ1) is 10.7. The van der Waals surface area contributed by atoms with Gasteiger partial charge in [0.2, 0.25) is 0 Å². The summed E-state index contributed by atoms with van der Waals surface area (Å²) in [5.74, 6) is 0.572. The Labute approximate surface area is 129 Å². The summed E-state index contributed by atoms with van der Waals surface area (Å²) in [4.78, 5) is 16.7. The summed E-state index contributed by atoms with van der Waals surface area (Å²) in [7, 11) is 0. The molecule has 0 bridgehead atoms. The molecule has 0 spiro atoms. The molecule has 0 radical (unpaired) electrons. The number of nitrogens with zero attached hydrogens (tertiary/aromatic N) is 2. The number of ether oxygens (including phenoxy) is 2. The fraction of sp³-hybridized carbons (Fsp3) is 0.214. The van der Waals surface area contributed by atoms with E-state index in [1.165, 1.54) is 23.5 Å². The van der Waals surface area contributed by atoms with Gasteiger partial charge in [0.15, 0.2) is 6.79 Å². The summed E-state index contributed by atoms with van der Waals surface area (Å²) in [5, 5.41) is 16.8. The maximum Gasteiger partial charge on any atom is 0.270 e. The predicted molar refractivity (Wildman–Crippen MR) is 80.1 cm³/mol. The molecule has 1 aliphatic rings. The molecule has 0 unspecified atom stereocenters. The highest BCUT2D eigenvalue weighted by Crippen LogP contribution is 2.33. The first-order valence-electron chi connectivity index (χ1n) is 6.43. The van der Waals surface area contributed by atoms with Gasteiger partial charge >= 0.3 is 0 Å². The Morgan fingerprint density at radius 1 is 1.50 bits per heavy atom. The van der Waals surface area contributed by atoms with E-state index in [-0.39, 0.29) is 25.7 Å². The molecule has 0 N–H and O–H groups in total. The van der Waals surface area contributed by atoms with Gasteiger partial charge in [-0.05, 0) is 11.4 Å². The van der Waals surface area contributed by atoms with Gasteiger partial charge in [0, 0.05) is 28.1 Å². The second-order valence-electron chi connectivity index (χ2n) is 4.48. The van der Waals surface area contributed by atoms with Crippen molar-refractivity contribution in [2.24, 2.45) is 5.16 Å². The summed E-state index contributed by atoms with van der Waals surface area (Å²) >= 11 is 1.54. The van der Waals surface area contributed by atoms with Crippen LogP contribution in [0.15, 0.2) is 34.8 Å². The van der Waals surface area contributed by atoms with Crippen molar-refractivity contribution in [1.29, 1.82) is 0 Å². The number of fused-ring (bicyclic) bond motifs is 1. The number of thiophene rings is 1. The highest BCUT2D eigenvalue weighted by Gasteiger charge is 2.21. The van der Waals surface area contributed by atoms with Crippen LogP contribution < -0.4 is 4.74 Å². The molecule has 0 atom stereocenters. The molecule has 3 rings (SSSR count). The molecule has 114 valence electrons. The van der Waals surface area contributed by atoms with Crippen LogP contribution in [0.3, 0.4) is 0 Å². The molecule has 1 aliphatic heterocycles. The molecular weight excluding hydrogens is 308 g/mol.